The van der Waals surface area contributed by atoms with Gasteiger partial charge < -0.3 is 4.55 Å². The first-order valence-corrected chi connectivity index (χ1v) is 9.45. The van der Waals surface area contributed by atoms with Gasteiger partial charge in [-0.2, -0.15) is 0 Å². The van der Waals surface area contributed by atoms with Crippen molar-refractivity contribution in [3.63, 3.8) is 0 Å². The molecule has 5 heteroatoms. The molecule has 0 atom stereocenters. The second-order valence-corrected chi connectivity index (χ2v) is 9.01. The Kier molecular flexibility index (Phi) is 9.05. The van der Waals surface area contributed by atoms with E-state index >= 15 is 0 Å². The van der Waals surface area contributed by atoms with Gasteiger partial charge in [0.05, 0.1) is 4.90 Å². The molecule has 0 amide bonds. The molecule has 126 valence electrons. The maximum absolute atomic E-state index is 11.0. The molecule has 0 saturated heterocycles. The van der Waals surface area contributed by atoms with Crippen LogP contribution < -0.4 is 29.6 Å². The van der Waals surface area contributed by atoms with E-state index in [4.69, 9.17) is 0 Å². The van der Waals surface area contributed by atoms with Gasteiger partial charge in [-0.05, 0) is 47.8 Å². The van der Waals surface area contributed by atoms with Gasteiger partial charge in [0.15, 0.2) is 0 Å². The summed E-state index contributed by atoms with van der Waals surface area (Å²) in [5.74, 6) is 0. The summed E-state index contributed by atoms with van der Waals surface area (Å²) in [5.41, 5.74) is 1.37. The number of hydrogen-bond donors (Lipinski definition) is 0. The van der Waals surface area contributed by atoms with Crippen molar-refractivity contribution in [1.29, 1.82) is 0 Å². The minimum Gasteiger partial charge on any atom is -0.744 e. The molecule has 1 aromatic rings. The van der Waals surface area contributed by atoms with Crippen LogP contribution in [0.2, 0.25) is 0 Å². The van der Waals surface area contributed by atoms with Crippen LogP contribution in [0.1, 0.15) is 72.3 Å². The first kappa shape index (κ1) is 23.1. The fraction of sp³-hybridized carbons (Fsp3) is 0.667. The van der Waals surface area contributed by atoms with Crippen molar-refractivity contribution in [3.8, 4) is 0 Å². The molecule has 1 rings (SSSR count). The SMILES string of the molecule is CCCCC(C)(C)CCC(C)(C)c1ccc(S(=O)(=O)[O-])cc1.[Na+]. The average Bonchev–Trinajstić information content (AvgIpc) is 2.43. The second kappa shape index (κ2) is 9.00. The maximum atomic E-state index is 11.0. The number of rotatable bonds is 8. The van der Waals surface area contributed by atoms with E-state index in [0.29, 0.717) is 5.41 Å². The summed E-state index contributed by atoms with van der Waals surface area (Å²) >= 11 is 0. The third-order valence-corrected chi connectivity index (χ3v) is 5.41. The zero-order valence-corrected chi connectivity index (χ0v) is 18.3. The van der Waals surface area contributed by atoms with Gasteiger partial charge in [0.2, 0.25) is 0 Å². The van der Waals surface area contributed by atoms with E-state index in [1.165, 1.54) is 31.4 Å². The summed E-state index contributed by atoms with van der Waals surface area (Å²) in [5, 5.41) is 0. The monoisotopic (exact) mass is 348 g/mol. The molecule has 0 aliphatic carbocycles. The Labute approximate surface area is 164 Å². The Hall–Kier alpha value is 0.130. The quantitative estimate of drug-likeness (QED) is 0.532. The molecule has 3 nitrogen and oxygen atoms in total. The molecule has 0 saturated carbocycles. The van der Waals surface area contributed by atoms with Crippen LogP contribution in [0.4, 0.5) is 0 Å². The van der Waals surface area contributed by atoms with Crippen molar-refractivity contribution < 1.29 is 42.5 Å². The molecule has 0 aromatic heterocycles. The molecule has 0 radical (unpaired) electrons. The Morgan fingerprint density at radius 1 is 0.957 bits per heavy atom. The van der Waals surface area contributed by atoms with Gasteiger partial charge in [-0.25, -0.2) is 8.42 Å². The summed E-state index contributed by atoms with van der Waals surface area (Å²) in [7, 11) is -4.36. The minimum absolute atomic E-state index is 0. The van der Waals surface area contributed by atoms with Gasteiger partial charge in [-0.15, -0.1) is 0 Å². The maximum Gasteiger partial charge on any atom is 1.00 e. The molecular formula is C18H29NaO3S. The predicted molar refractivity (Wildman–Crippen MR) is 90.0 cm³/mol. The fourth-order valence-electron chi connectivity index (χ4n) is 2.65. The molecule has 0 unspecified atom stereocenters. The zero-order chi connectivity index (χ0) is 17.0. The van der Waals surface area contributed by atoms with Crippen molar-refractivity contribution in [2.45, 2.75) is 77.0 Å². The fourth-order valence-corrected chi connectivity index (χ4v) is 3.12. The van der Waals surface area contributed by atoms with E-state index in [1.807, 2.05) is 0 Å². The van der Waals surface area contributed by atoms with Gasteiger partial charge in [0.1, 0.15) is 10.1 Å². The zero-order valence-electron chi connectivity index (χ0n) is 15.5. The molecule has 23 heavy (non-hydrogen) atoms. The van der Waals surface area contributed by atoms with Gasteiger partial charge in [0.25, 0.3) is 0 Å². The molecular weight excluding hydrogens is 319 g/mol. The largest absolute Gasteiger partial charge is 1.00 e. The van der Waals surface area contributed by atoms with Gasteiger partial charge in [0, 0.05) is 0 Å². The Morgan fingerprint density at radius 2 is 1.48 bits per heavy atom. The van der Waals surface area contributed by atoms with Crippen LogP contribution in [0, 0.1) is 5.41 Å². The summed E-state index contributed by atoms with van der Waals surface area (Å²) in [6.45, 7) is 11.2. The van der Waals surface area contributed by atoms with E-state index < -0.39 is 10.1 Å². The summed E-state index contributed by atoms with van der Waals surface area (Å²) < 4.78 is 33.0. The first-order valence-electron chi connectivity index (χ1n) is 8.04. The Bertz CT molecular complexity index is 575. The van der Waals surface area contributed by atoms with E-state index in [0.717, 1.165) is 18.4 Å². The van der Waals surface area contributed by atoms with Crippen LogP contribution in [0.25, 0.3) is 0 Å². The molecule has 0 fully saturated rings. The van der Waals surface area contributed by atoms with E-state index in [-0.39, 0.29) is 39.9 Å². The topological polar surface area (TPSA) is 57.2 Å². The van der Waals surface area contributed by atoms with Crippen LogP contribution in [0.3, 0.4) is 0 Å². The molecule has 0 bridgehead atoms. The van der Waals surface area contributed by atoms with Crippen LogP contribution in [-0.2, 0) is 15.5 Å². The summed E-state index contributed by atoms with van der Waals surface area (Å²) in [6, 6.07) is 6.37. The van der Waals surface area contributed by atoms with Gasteiger partial charge in [-0.1, -0.05) is 59.6 Å². The normalized spacial score (nSPS) is 12.8. The number of hydrogen-bond acceptors (Lipinski definition) is 3. The summed E-state index contributed by atoms with van der Waals surface area (Å²) in [6.07, 6.45) is 5.86. The Morgan fingerprint density at radius 3 is 1.91 bits per heavy atom. The van der Waals surface area contributed by atoms with Gasteiger partial charge >= 0.3 is 29.6 Å². The van der Waals surface area contributed by atoms with Crippen LogP contribution in [0.5, 0.6) is 0 Å². The molecule has 0 heterocycles. The molecule has 1 aromatic carbocycles. The smallest absolute Gasteiger partial charge is 0.744 e. The molecule has 0 aliphatic rings. The van der Waals surface area contributed by atoms with Crippen molar-refractivity contribution in [1.82, 2.24) is 0 Å². The van der Waals surface area contributed by atoms with E-state index in [2.05, 4.69) is 34.6 Å². The van der Waals surface area contributed by atoms with E-state index in [1.54, 1.807) is 12.1 Å². The minimum atomic E-state index is -4.36. The molecule has 0 spiro atoms. The molecule has 0 N–H and O–H groups in total. The average molecular weight is 348 g/mol. The number of unbranched alkanes of at least 4 members (excludes halogenated alkanes) is 1. The molecule has 0 aliphatic heterocycles. The van der Waals surface area contributed by atoms with Crippen molar-refractivity contribution >= 4 is 10.1 Å². The van der Waals surface area contributed by atoms with Gasteiger partial charge in [-0.3, -0.25) is 0 Å². The predicted octanol–water partition coefficient (Wildman–Crippen LogP) is 1.87. The van der Waals surface area contributed by atoms with Crippen molar-refractivity contribution in [2.75, 3.05) is 0 Å². The standard InChI is InChI=1S/C18H30O3S.Na/c1-6-7-12-17(2,3)13-14-18(4,5)15-8-10-16(11-9-15)22(19,20)21;/h8-11H,6-7,12-14H2,1-5H3,(H,19,20,21);/q;+1/p-1. The first-order chi connectivity index (χ1) is 9.98. The van der Waals surface area contributed by atoms with Crippen LogP contribution >= 0.6 is 0 Å². The van der Waals surface area contributed by atoms with E-state index in [9.17, 15) is 13.0 Å². The van der Waals surface area contributed by atoms with Crippen molar-refractivity contribution in [3.05, 3.63) is 29.8 Å². The third-order valence-electron chi connectivity index (χ3n) is 4.56. The van der Waals surface area contributed by atoms with Crippen LogP contribution in [0.15, 0.2) is 29.2 Å². The Balaban J connectivity index is 0.00000484. The second-order valence-electron chi connectivity index (χ2n) is 7.63. The number of benzene rings is 1. The summed E-state index contributed by atoms with van der Waals surface area (Å²) in [4.78, 5) is -0.157. The van der Waals surface area contributed by atoms with Crippen molar-refractivity contribution in [2.24, 2.45) is 5.41 Å². The van der Waals surface area contributed by atoms with Crippen LogP contribution in [-0.4, -0.2) is 13.0 Å². The third kappa shape index (κ3) is 7.70.